The Balaban J connectivity index is 1.51. The number of benzene rings is 2. The number of ether oxygens (including phenoxy) is 3. The highest BCUT2D eigenvalue weighted by Gasteiger charge is 2.27. The number of nitrogens with two attached hydrogens (primary N) is 3. The van der Waals surface area contributed by atoms with Gasteiger partial charge < -0.3 is 40.9 Å². The summed E-state index contributed by atoms with van der Waals surface area (Å²) in [6, 6.07) is 16.5. The minimum atomic E-state index is -1.34. The van der Waals surface area contributed by atoms with Gasteiger partial charge in [-0.15, -0.1) is 0 Å². The molecule has 0 aliphatic heterocycles. The highest BCUT2D eigenvalue weighted by molar-refractivity contribution is 7.98. The number of aliphatic hydroxyl groups is 1. The molecule has 0 radical (unpaired) electrons. The van der Waals surface area contributed by atoms with Crippen molar-refractivity contribution in [1.82, 2.24) is 9.97 Å². The number of hydrogen-bond acceptors (Lipinski definition) is 14. The maximum absolute atomic E-state index is 12.4. The van der Waals surface area contributed by atoms with Crippen LogP contribution in [0.25, 0.3) is 22.6 Å². The SMILES string of the molecule is CC(C)C(N)C(=O)OCC(COc1ccc(-c2c(C#N)c(N)nc(SCc3coc(-c4ccc(Cl)cc4)n3)c2C#N)cc1)OC(O)C(N)C(C)C. The van der Waals surface area contributed by atoms with Crippen LogP contribution in [0.2, 0.25) is 5.02 Å². The summed E-state index contributed by atoms with van der Waals surface area (Å²) in [5.74, 6) is 0.279. The quantitative estimate of drug-likeness (QED) is 0.0653. The van der Waals surface area contributed by atoms with Gasteiger partial charge in [-0.05, 0) is 53.8 Å². The van der Waals surface area contributed by atoms with Crippen LogP contribution in [0.5, 0.6) is 5.75 Å². The van der Waals surface area contributed by atoms with Gasteiger partial charge in [0.15, 0.2) is 6.29 Å². The lowest BCUT2D eigenvalue weighted by Crippen LogP contribution is -2.45. The Bertz CT molecular complexity index is 1870. The summed E-state index contributed by atoms with van der Waals surface area (Å²) < 4.78 is 22.7. The Morgan fingerprint density at radius 1 is 0.961 bits per heavy atom. The van der Waals surface area contributed by atoms with Crippen molar-refractivity contribution in [2.45, 2.75) is 63.0 Å². The highest BCUT2D eigenvalue weighted by atomic mass is 35.5. The molecule has 13 nitrogen and oxygen atoms in total. The van der Waals surface area contributed by atoms with Gasteiger partial charge in [0.1, 0.15) is 65.9 Å². The van der Waals surface area contributed by atoms with Crippen LogP contribution in [0.15, 0.2) is 64.2 Å². The minimum absolute atomic E-state index is 0.0266. The number of anilines is 1. The third-order valence-corrected chi connectivity index (χ3v) is 9.09. The fourth-order valence-corrected chi connectivity index (χ4v) is 5.62. The number of aromatic nitrogens is 2. The summed E-state index contributed by atoms with van der Waals surface area (Å²) in [5, 5.41) is 31.7. The monoisotopic (exact) mass is 733 g/mol. The Hall–Kier alpha value is -4.67. The van der Waals surface area contributed by atoms with Crippen LogP contribution >= 0.6 is 23.4 Å². The second-order valence-corrected chi connectivity index (χ2v) is 13.7. The van der Waals surface area contributed by atoms with E-state index in [1.165, 1.54) is 18.0 Å². The summed E-state index contributed by atoms with van der Waals surface area (Å²) in [6.07, 6.45) is -0.698. The molecule has 0 saturated carbocycles. The Morgan fingerprint density at radius 2 is 1.61 bits per heavy atom. The molecule has 4 unspecified atom stereocenters. The van der Waals surface area contributed by atoms with Gasteiger partial charge >= 0.3 is 5.97 Å². The molecule has 0 aliphatic carbocycles. The van der Waals surface area contributed by atoms with Crippen LogP contribution < -0.4 is 21.9 Å². The van der Waals surface area contributed by atoms with E-state index in [9.17, 15) is 20.4 Å². The third-order valence-electron chi connectivity index (χ3n) is 7.83. The predicted octanol–water partition coefficient (Wildman–Crippen LogP) is 5.27. The highest BCUT2D eigenvalue weighted by Crippen LogP contribution is 2.37. The lowest BCUT2D eigenvalue weighted by Gasteiger charge is -2.27. The Kier molecular flexibility index (Phi) is 13.8. The first-order valence-electron chi connectivity index (χ1n) is 16.0. The van der Waals surface area contributed by atoms with E-state index in [0.29, 0.717) is 44.3 Å². The first-order valence-corrected chi connectivity index (χ1v) is 17.4. The zero-order chi connectivity index (χ0) is 37.2. The van der Waals surface area contributed by atoms with Gasteiger partial charge in [-0.1, -0.05) is 63.2 Å². The van der Waals surface area contributed by atoms with Crippen molar-refractivity contribution in [2.24, 2.45) is 23.3 Å². The maximum atomic E-state index is 12.4. The molecule has 4 atom stereocenters. The van der Waals surface area contributed by atoms with Crippen LogP contribution in [-0.4, -0.2) is 58.7 Å². The number of halogens is 1. The average molecular weight is 734 g/mol. The number of oxazole rings is 1. The molecule has 51 heavy (non-hydrogen) atoms. The number of hydrogen-bond donors (Lipinski definition) is 4. The first kappa shape index (κ1) is 39.1. The van der Waals surface area contributed by atoms with Crippen LogP contribution in [0.1, 0.15) is 44.5 Å². The molecule has 0 amide bonds. The smallest absolute Gasteiger partial charge is 0.323 e. The van der Waals surface area contributed by atoms with E-state index < -0.39 is 30.4 Å². The number of carbonyl (C=O) groups is 1. The van der Waals surface area contributed by atoms with Crippen molar-refractivity contribution in [3.63, 3.8) is 0 Å². The minimum Gasteiger partial charge on any atom is -0.491 e. The van der Waals surface area contributed by atoms with Gasteiger partial charge in [0.25, 0.3) is 0 Å². The second-order valence-electron chi connectivity index (χ2n) is 12.3. The number of thioether (sulfide) groups is 1. The van der Waals surface area contributed by atoms with E-state index in [-0.39, 0.29) is 42.0 Å². The molecule has 0 spiro atoms. The average Bonchev–Trinajstić information content (AvgIpc) is 3.60. The molecular weight excluding hydrogens is 694 g/mol. The molecule has 0 fully saturated rings. The topological polar surface area (TPSA) is 230 Å². The summed E-state index contributed by atoms with van der Waals surface area (Å²) in [6.45, 7) is 6.94. The summed E-state index contributed by atoms with van der Waals surface area (Å²) >= 11 is 7.22. The molecular formula is C36H40ClN7O6S. The summed E-state index contributed by atoms with van der Waals surface area (Å²) in [4.78, 5) is 21.3. The number of aliphatic hydroxyl groups excluding tert-OH is 1. The first-order chi connectivity index (χ1) is 24.3. The molecule has 4 aromatic rings. The van der Waals surface area contributed by atoms with Crippen molar-refractivity contribution >= 4 is 35.1 Å². The lowest BCUT2D eigenvalue weighted by atomic mass is 9.97. The molecule has 0 saturated heterocycles. The van der Waals surface area contributed by atoms with E-state index in [0.717, 1.165) is 5.56 Å². The number of nitrogens with zero attached hydrogens (tertiary/aromatic N) is 4. The van der Waals surface area contributed by atoms with Crippen molar-refractivity contribution in [1.29, 1.82) is 10.5 Å². The second kappa shape index (κ2) is 18.0. The van der Waals surface area contributed by atoms with Crippen molar-refractivity contribution in [2.75, 3.05) is 18.9 Å². The van der Waals surface area contributed by atoms with Gasteiger partial charge in [-0.3, -0.25) is 4.79 Å². The van der Waals surface area contributed by atoms with Crippen molar-refractivity contribution in [3.05, 3.63) is 76.6 Å². The Morgan fingerprint density at radius 3 is 2.22 bits per heavy atom. The van der Waals surface area contributed by atoms with Gasteiger partial charge in [-0.25, -0.2) is 9.97 Å². The van der Waals surface area contributed by atoms with Crippen LogP contribution in [0, 0.1) is 34.5 Å². The molecule has 268 valence electrons. The van der Waals surface area contributed by atoms with E-state index in [4.69, 9.17) is 47.4 Å². The molecule has 15 heteroatoms. The molecule has 4 rings (SSSR count). The molecule has 0 bridgehead atoms. The molecule has 2 aromatic carbocycles. The molecule has 0 aliphatic rings. The maximum Gasteiger partial charge on any atom is 0.323 e. The van der Waals surface area contributed by atoms with Crippen LogP contribution in [0.3, 0.4) is 0 Å². The number of pyridine rings is 1. The fraction of sp³-hybridized carbons (Fsp3) is 0.361. The number of nitrogen functional groups attached to an aromatic ring is 1. The molecule has 2 aromatic heterocycles. The van der Waals surface area contributed by atoms with Gasteiger partial charge in [0.05, 0.1) is 17.3 Å². The van der Waals surface area contributed by atoms with Crippen molar-refractivity contribution < 1.29 is 28.5 Å². The van der Waals surface area contributed by atoms with E-state index >= 15 is 0 Å². The van der Waals surface area contributed by atoms with Gasteiger partial charge in [-0.2, -0.15) is 10.5 Å². The van der Waals surface area contributed by atoms with Gasteiger partial charge in [0, 0.05) is 21.9 Å². The van der Waals surface area contributed by atoms with E-state index in [2.05, 4.69) is 22.1 Å². The summed E-state index contributed by atoms with van der Waals surface area (Å²) in [5.41, 5.74) is 20.6. The fourth-order valence-electron chi connectivity index (χ4n) is 4.63. The van der Waals surface area contributed by atoms with E-state index in [1.54, 1.807) is 62.4 Å². The predicted molar refractivity (Wildman–Crippen MR) is 193 cm³/mol. The van der Waals surface area contributed by atoms with Crippen molar-refractivity contribution in [3.8, 4) is 40.5 Å². The lowest BCUT2D eigenvalue weighted by molar-refractivity contribution is -0.181. The molecule has 7 N–H and O–H groups in total. The molecule has 2 heterocycles. The van der Waals surface area contributed by atoms with Crippen LogP contribution in [-0.2, 0) is 20.0 Å². The normalized spacial score (nSPS) is 13.6. The number of rotatable bonds is 16. The summed E-state index contributed by atoms with van der Waals surface area (Å²) in [7, 11) is 0. The Labute approximate surface area is 305 Å². The van der Waals surface area contributed by atoms with Gasteiger partial charge in [0.2, 0.25) is 5.89 Å². The van der Waals surface area contributed by atoms with Crippen LogP contribution in [0.4, 0.5) is 5.82 Å². The number of esters is 1. The standard InChI is InChI=1S/C36H40ClN7O6S/c1-19(2)30(40)35(45)49-17-26(50-36(46)31(41)20(3)4)16-47-25-11-7-21(8-12-25)29-27(13-38)32(42)44-34(28(29)14-39)51-18-24-15-48-33(43-24)22-5-9-23(37)10-6-22/h5-12,15,19-20,26,30-31,36,46H,16-18,40-41H2,1-4H3,(H2,42,44). The largest absolute Gasteiger partial charge is 0.491 e. The zero-order valence-electron chi connectivity index (χ0n) is 28.6. The number of carbonyl (C=O) groups excluding carboxylic acids is 1. The number of nitriles is 2. The third kappa shape index (κ3) is 10.2. The van der Waals surface area contributed by atoms with E-state index in [1.807, 2.05) is 13.8 Å². The zero-order valence-corrected chi connectivity index (χ0v) is 30.1.